The van der Waals surface area contributed by atoms with E-state index in [-0.39, 0.29) is 0 Å². The average molecular weight is 179 g/mol. The van der Waals surface area contributed by atoms with Crippen LogP contribution in [-0.4, -0.2) is 16.5 Å². The van der Waals surface area contributed by atoms with Gasteiger partial charge < -0.3 is 10.3 Å². The van der Waals surface area contributed by atoms with Gasteiger partial charge in [0.1, 0.15) is 5.82 Å². The number of aryl methyl sites for hydroxylation is 2. The van der Waals surface area contributed by atoms with E-state index in [4.69, 9.17) is 0 Å². The lowest BCUT2D eigenvalue weighted by Gasteiger charge is -2.07. The van der Waals surface area contributed by atoms with Crippen molar-refractivity contribution in [2.75, 3.05) is 6.54 Å². The lowest BCUT2D eigenvalue weighted by atomic mass is 10.0. The number of rotatable bonds is 3. The van der Waals surface area contributed by atoms with Crippen LogP contribution in [0.5, 0.6) is 0 Å². The Morgan fingerprint density at radius 1 is 1.38 bits per heavy atom. The van der Waals surface area contributed by atoms with Gasteiger partial charge in [0.15, 0.2) is 0 Å². The molecule has 0 unspecified atom stereocenters. The summed E-state index contributed by atoms with van der Waals surface area (Å²) in [5.41, 5.74) is 2.68. The third-order valence-corrected chi connectivity index (χ3v) is 2.55. The highest BCUT2D eigenvalue weighted by molar-refractivity contribution is 5.17. The molecule has 0 fully saturated rings. The monoisotopic (exact) mass is 179 g/mol. The summed E-state index contributed by atoms with van der Waals surface area (Å²) in [5, 5.41) is 3.28. The smallest absolute Gasteiger partial charge is 0.120 e. The topological polar surface area (TPSA) is 40.7 Å². The molecule has 0 radical (unpaired) electrons. The van der Waals surface area contributed by atoms with Gasteiger partial charge in [-0.1, -0.05) is 6.92 Å². The molecule has 13 heavy (non-hydrogen) atoms. The van der Waals surface area contributed by atoms with Gasteiger partial charge in [0, 0.05) is 5.69 Å². The normalized spacial score (nSPS) is 15.8. The molecule has 0 atom stereocenters. The standard InChI is InChI=1S/C10H17N3/c1-2-11-7-10-12-8-5-3-4-6-9(8)13-10/h11H,2-7H2,1H3,(H,12,13). The molecule has 72 valence electrons. The number of aromatic amines is 1. The van der Waals surface area contributed by atoms with Crippen molar-refractivity contribution >= 4 is 0 Å². The van der Waals surface area contributed by atoms with Gasteiger partial charge in [-0.3, -0.25) is 0 Å². The molecule has 1 aromatic heterocycles. The summed E-state index contributed by atoms with van der Waals surface area (Å²) >= 11 is 0. The van der Waals surface area contributed by atoms with E-state index >= 15 is 0 Å². The van der Waals surface area contributed by atoms with E-state index in [0.717, 1.165) is 25.3 Å². The van der Waals surface area contributed by atoms with Gasteiger partial charge in [-0.2, -0.15) is 0 Å². The first kappa shape index (κ1) is 8.75. The average Bonchev–Trinajstić information content (AvgIpc) is 2.57. The Kier molecular flexibility index (Phi) is 2.64. The summed E-state index contributed by atoms with van der Waals surface area (Å²) in [6, 6.07) is 0. The van der Waals surface area contributed by atoms with Crippen molar-refractivity contribution in [3.63, 3.8) is 0 Å². The third kappa shape index (κ3) is 1.91. The molecule has 3 nitrogen and oxygen atoms in total. The van der Waals surface area contributed by atoms with Gasteiger partial charge in [-0.25, -0.2) is 4.98 Å². The molecule has 0 spiro atoms. The van der Waals surface area contributed by atoms with Crippen molar-refractivity contribution in [3.05, 3.63) is 17.2 Å². The number of H-pyrrole nitrogens is 1. The molecule has 1 aliphatic carbocycles. The van der Waals surface area contributed by atoms with Crippen LogP contribution in [0.1, 0.15) is 37.0 Å². The summed E-state index contributed by atoms with van der Waals surface area (Å²) < 4.78 is 0. The van der Waals surface area contributed by atoms with E-state index < -0.39 is 0 Å². The van der Waals surface area contributed by atoms with Crippen LogP contribution in [0.15, 0.2) is 0 Å². The first-order valence-electron chi connectivity index (χ1n) is 5.17. The minimum atomic E-state index is 0.878. The second-order valence-corrected chi connectivity index (χ2v) is 3.60. The molecule has 1 aromatic rings. The van der Waals surface area contributed by atoms with Crippen molar-refractivity contribution in [1.29, 1.82) is 0 Å². The van der Waals surface area contributed by atoms with Crippen LogP contribution in [0.4, 0.5) is 0 Å². The number of aromatic nitrogens is 2. The van der Waals surface area contributed by atoms with Gasteiger partial charge in [0.25, 0.3) is 0 Å². The van der Waals surface area contributed by atoms with Crippen molar-refractivity contribution in [3.8, 4) is 0 Å². The van der Waals surface area contributed by atoms with Gasteiger partial charge in [0.2, 0.25) is 0 Å². The zero-order valence-electron chi connectivity index (χ0n) is 8.19. The Morgan fingerprint density at radius 3 is 3.00 bits per heavy atom. The molecule has 0 aromatic carbocycles. The Balaban J connectivity index is 2.07. The van der Waals surface area contributed by atoms with E-state index in [1.54, 1.807) is 0 Å². The second kappa shape index (κ2) is 3.92. The molecule has 1 heterocycles. The van der Waals surface area contributed by atoms with Crippen molar-refractivity contribution < 1.29 is 0 Å². The van der Waals surface area contributed by atoms with E-state index in [1.807, 2.05) is 0 Å². The molecule has 1 aliphatic rings. The SMILES string of the molecule is CCNCc1nc2c([nH]1)CCCC2. The zero-order valence-corrected chi connectivity index (χ0v) is 8.19. The summed E-state index contributed by atoms with van der Waals surface area (Å²) in [7, 11) is 0. The minimum absolute atomic E-state index is 0.878. The van der Waals surface area contributed by atoms with Gasteiger partial charge in [0.05, 0.1) is 12.2 Å². The van der Waals surface area contributed by atoms with Crippen molar-refractivity contribution in [2.45, 2.75) is 39.2 Å². The number of hydrogen-bond acceptors (Lipinski definition) is 2. The molecule has 0 saturated heterocycles. The molecule has 0 bridgehead atoms. The molecule has 0 aliphatic heterocycles. The number of fused-ring (bicyclic) bond motifs is 1. The lowest BCUT2D eigenvalue weighted by molar-refractivity contribution is 0.667. The number of nitrogens with one attached hydrogen (secondary N) is 2. The Labute approximate surface area is 79.0 Å². The summed E-state index contributed by atoms with van der Waals surface area (Å²) in [4.78, 5) is 7.97. The predicted octanol–water partition coefficient (Wildman–Crippen LogP) is 1.40. The van der Waals surface area contributed by atoms with Crippen LogP contribution in [0.25, 0.3) is 0 Å². The van der Waals surface area contributed by atoms with E-state index in [0.29, 0.717) is 0 Å². The first-order valence-corrected chi connectivity index (χ1v) is 5.17. The van der Waals surface area contributed by atoms with Crippen molar-refractivity contribution in [1.82, 2.24) is 15.3 Å². The van der Waals surface area contributed by atoms with Crippen LogP contribution in [0.2, 0.25) is 0 Å². The summed E-state index contributed by atoms with van der Waals surface area (Å²) in [5.74, 6) is 1.11. The van der Waals surface area contributed by atoms with Crippen LogP contribution in [0, 0.1) is 0 Å². The second-order valence-electron chi connectivity index (χ2n) is 3.60. The maximum Gasteiger partial charge on any atom is 0.120 e. The zero-order chi connectivity index (χ0) is 9.10. The van der Waals surface area contributed by atoms with E-state index in [2.05, 4.69) is 22.2 Å². The highest BCUT2D eigenvalue weighted by Gasteiger charge is 2.13. The first-order chi connectivity index (χ1) is 6.40. The van der Waals surface area contributed by atoms with Crippen molar-refractivity contribution in [2.24, 2.45) is 0 Å². The minimum Gasteiger partial charge on any atom is -0.345 e. The predicted molar refractivity (Wildman–Crippen MR) is 52.6 cm³/mol. The summed E-state index contributed by atoms with van der Waals surface area (Å²) in [6.07, 6.45) is 4.97. The Morgan fingerprint density at radius 2 is 2.23 bits per heavy atom. The molecular formula is C10H17N3. The van der Waals surface area contributed by atoms with Crippen LogP contribution in [0.3, 0.4) is 0 Å². The largest absolute Gasteiger partial charge is 0.345 e. The number of hydrogen-bond donors (Lipinski definition) is 2. The fraction of sp³-hybridized carbons (Fsp3) is 0.700. The van der Waals surface area contributed by atoms with Crippen LogP contribution < -0.4 is 5.32 Å². The van der Waals surface area contributed by atoms with Crippen LogP contribution in [-0.2, 0) is 19.4 Å². The maximum atomic E-state index is 4.57. The van der Waals surface area contributed by atoms with Gasteiger partial charge in [-0.15, -0.1) is 0 Å². The Hall–Kier alpha value is -0.830. The molecule has 2 N–H and O–H groups in total. The van der Waals surface area contributed by atoms with Gasteiger partial charge >= 0.3 is 0 Å². The highest BCUT2D eigenvalue weighted by Crippen LogP contribution is 2.18. The quantitative estimate of drug-likeness (QED) is 0.736. The molecule has 3 heteroatoms. The number of imidazole rings is 1. The summed E-state index contributed by atoms with van der Waals surface area (Å²) in [6.45, 7) is 4.00. The maximum absolute atomic E-state index is 4.57. The lowest BCUT2D eigenvalue weighted by Crippen LogP contribution is -2.12. The molecule has 0 saturated carbocycles. The van der Waals surface area contributed by atoms with E-state index in [1.165, 1.54) is 30.7 Å². The van der Waals surface area contributed by atoms with Gasteiger partial charge in [-0.05, 0) is 32.2 Å². The van der Waals surface area contributed by atoms with Crippen LogP contribution >= 0.6 is 0 Å². The molecule has 2 rings (SSSR count). The third-order valence-electron chi connectivity index (χ3n) is 2.55. The molecular weight excluding hydrogens is 162 g/mol. The highest BCUT2D eigenvalue weighted by atomic mass is 15.0. The Bertz CT molecular complexity index is 254. The molecule has 0 amide bonds. The van der Waals surface area contributed by atoms with E-state index in [9.17, 15) is 0 Å². The fourth-order valence-corrected chi connectivity index (χ4v) is 1.84. The number of nitrogens with zero attached hydrogens (tertiary/aromatic N) is 1. The fourth-order valence-electron chi connectivity index (χ4n) is 1.84.